The Morgan fingerprint density at radius 2 is 2.16 bits per heavy atom. The summed E-state index contributed by atoms with van der Waals surface area (Å²) in [5.74, 6) is 0.863. The van der Waals surface area contributed by atoms with Crippen molar-refractivity contribution >= 4 is 17.5 Å². The number of nitriles is 1. The molecule has 1 atom stereocenters. The molecule has 25 heavy (non-hydrogen) atoms. The molecular weight excluding hydrogens is 314 g/mol. The fraction of sp³-hybridized carbons (Fsp3) is 0.368. The zero-order valence-electron chi connectivity index (χ0n) is 14.5. The van der Waals surface area contributed by atoms with E-state index in [9.17, 15) is 4.79 Å². The van der Waals surface area contributed by atoms with Gasteiger partial charge in [0.05, 0.1) is 11.3 Å². The summed E-state index contributed by atoms with van der Waals surface area (Å²) in [7, 11) is 0. The lowest BCUT2D eigenvalue weighted by Crippen LogP contribution is -2.36. The van der Waals surface area contributed by atoms with E-state index in [0.717, 1.165) is 25.2 Å². The number of carbonyl (C=O) groups is 1. The lowest BCUT2D eigenvalue weighted by atomic mass is 10.0. The van der Waals surface area contributed by atoms with Crippen LogP contribution in [0.3, 0.4) is 0 Å². The second-order valence-corrected chi connectivity index (χ2v) is 6.50. The summed E-state index contributed by atoms with van der Waals surface area (Å²) in [4.78, 5) is 23.7. The lowest BCUT2D eigenvalue weighted by molar-refractivity contribution is 0.102. The minimum Gasteiger partial charge on any atom is -0.341 e. The van der Waals surface area contributed by atoms with Crippen LogP contribution in [0.25, 0.3) is 0 Å². The smallest absolute Gasteiger partial charge is 0.274 e. The number of nitrogens with zero attached hydrogens (tertiary/aromatic N) is 4. The van der Waals surface area contributed by atoms with Gasteiger partial charge in [0.1, 0.15) is 11.8 Å². The third kappa shape index (κ3) is 3.94. The van der Waals surface area contributed by atoms with Gasteiger partial charge in [-0.3, -0.25) is 4.79 Å². The molecule has 1 aliphatic rings. The number of carbonyl (C=O) groups excluding carboxylic acids is 1. The monoisotopic (exact) mass is 335 g/mol. The highest BCUT2D eigenvalue weighted by molar-refractivity contribution is 6.03. The van der Waals surface area contributed by atoms with Gasteiger partial charge >= 0.3 is 0 Å². The Morgan fingerprint density at radius 3 is 2.92 bits per heavy atom. The zero-order chi connectivity index (χ0) is 17.8. The molecule has 1 N–H and O–H groups in total. The van der Waals surface area contributed by atoms with Gasteiger partial charge < -0.3 is 10.2 Å². The summed E-state index contributed by atoms with van der Waals surface area (Å²) in [5, 5.41) is 11.9. The van der Waals surface area contributed by atoms with E-state index in [1.54, 1.807) is 30.3 Å². The van der Waals surface area contributed by atoms with Crippen LogP contribution in [0, 0.1) is 24.2 Å². The Kier molecular flexibility index (Phi) is 4.94. The van der Waals surface area contributed by atoms with E-state index in [4.69, 9.17) is 5.26 Å². The molecule has 0 aliphatic carbocycles. The van der Waals surface area contributed by atoms with Gasteiger partial charge in [0, 0.05) is 18.8 Å². The Morgan fingerprint density at radius 1 is 1.36 bits per heavy atom. The molecule has 1 fully saturated rings. The molecule has 1 amide bonds. The largest absolute Gasteiger partial charge is 0.341 e. The lowest BCUT2D eigenvalue weighted by Gasteiger charge is -2.31. The van der Waals surface area contributed by atoms with Gasteiger partial charge in [-0.1, -0.05) is 19.1 Å². The predicted octanol–water partition coefficient (Wildman–Crippen LogP) is 3.15. The summed E-state index contributed by atoms with van der Waals surface area (Å²) in [6, 6.07) is 10.7. The van der Waals surface area contributed by atoms with Crippen molar-refractivity contribution in [3.05, 3.63) is 47.3 Å². The number of hydrogen-bond acceptors (Lipinski definition) is 5. The average Bonchev–Trinajstić information content (AvgIpc) is 2.61. The number of aryl methyl sites for hydroxylation is 1. The first-order chi connectivity index (χ1) is 12.1. The third-order valence-electron chi connectivity index (χ3n) is 4.31. The molecule has 6 nitrogen and oxygen atoms in total. The molecule has 0 spiro atoms. The predicted molar refractivity (Wildman–Crippen MR) is 96.5 cm³/mol. The molecule has 128 valence electrons. The van der Waals surface area contributed by atoms with Gasteiger partial charge in [-0.2, -0.15) is 5.26 Å². The number of amides is 1. The third-order valence-corrected chi connectivity index (χ3v) is 4.31. The molecule has 0 radical (unpaired) electrons. The topological polar surface area (TPSA) is 81.9 Å². The maximum absolute atomic E-state index is 12.6. The summed E-state index contributed by atoms with van der Waals surface area (Å²) in [6.45, 7) is 5.89. The van der Waals surface area contributed by atoms with Crippen LogP contribution in [-0.4, -0.2) is 29.0 Å². The number of aromatic nitrogens is 2. The molecule has 3 rings (SSSR count). The van der Waals surface area contributed by atoms with Gasteiger partial charge in [-0.15, -0.1) is 0 Å². The molecule has 0 saturated carbocycles. The van der Waals surface area contributed by atoms with Crippen LogP contribution in [0.1, 0.15) is 41.5 Å². The first-order valence-electron chi connectivity index (χ1n) is 8.48. The second kappa shape index (κ2) is 7.31. The molecule has 6 heteroatoms. The van der Waals surface area contributed by atoms with Crippen LogP contribution in [-0.2, 0) is 0 Å². The second-order valence-electron chi connectivity index (χ2n) is 6.50. The number of anilines is 2. The molecule has 1 saturated heterocycles. The summed E-state index contributed by atoms with van der Waals surface area (Å²) < 4.78 is 0. The van der Waals surface area contributed by atoms with Gasteiger partial charge in [-0.25, -0.2) is 9.97 Å². The van der Waals surface area contributed by atoms with Crippen molar-refractivity contribution in [3.8, 4) is 6.07 Å². The van der Waals surface area contributed by atoms with E-state index in [1.165, 1.54) is 6.42 Å². The fourth-order valence-corrected chi connectivity index (χ4v) is 3.06. The van der Waals surface area contributed by atoms with Crippen molar-refractivity contribution < 1.29 is 4.79 Å². The van der Waals surface area contributed by atoms with Crippen LogP contribution in [0.15, 0.2) is 30.3 Å². The standard InChI is InChI=1S/C19H21N5O/c1-13-6-5-9-24(12-13)19-21-14(2)10-17(23-19)18(25)22-16-8-4-3-7-15(16)11-20/h3-4,7-8,10,13H,5-6,9,12H2,1-2H3,(H,22,25). The molecular formula is C19H21N5O. The van der Waals surface area contributed by atoms with Crippen LogP contribution < -0.4 is 10.2 Å². The van der Waals surface area contributed by atoms with Crippen LogP contribution >= 0.6 is 0 Å². The van der Waals surface area contributed by atoms with Crippen LogP contribution in [0.4, 0.5) is 11.6 Å². The number of piperidine rings is 1. The SMILES string of the molecule is Cc1cc(C(=O)Nc2ccccc2C#N)nc(N2CCCC(C)C2)n1. The first kappa shape index (κ1) is 16.9. The Bertz CT molecular complexity index is 827. The summed E-state index contributed by atoms with van der Waals surface area (Å²) in [5.41, 5.74) is 1.97. The van der Waals surface area contributed by atoms with E-state index in [-0.39, 0.29) is 5.91 Å². The van der Waals surface area contributed by atoms with Crippen molar-refractivity contribution in [1.82, 2.24) is 9.97 Å². The average molecular weight is 335 g/mol. The molecule has 2 heterocycles. The summed E-state index contributed by atoms with van der Waals surface area (Å²) in [6.07, 6.45) is 2.32. The molecule has 1 aromatic carbocycles. The maximum Gasteiger partial charge on any atom is 0.274 e. The van der Waals surface area contributed by atoms with E-state index in [1.807, 2.05) is 6.92 Å². The molecule has 2 aromatic rings. The Hall–Kier alpha value is -2.94. The van der Waals surface area contributed by atoms with E-state index in [2.05, 4.69) is 33.2 Å². The molecule has 0 bridgehead atoms. The fourth-order valence-electron chi connectivity index (χ4n) is 3.06. The number of para-hydroxylation sites is 1. The summed E-state index contributed by atoms with van der Waals surface area (Å²) >= 11 is 0. The van der Waals surface area contributed by atoms with Crippen molar-refractivity contribution in [3.63, 3.8) is 0 Å². The Balaban J connectivity index is 1.84. The van der Waals surface area contributed by atoms with Crippen LogP contribution in [0.2, 0.25) is 0 Å². The van der Waals surface area contributed by atoms with Crippen molar-refractivity contribution in [2.24, 2.45) is 5.92 Å². The van der Waals surface area contributed by atoms with Crippen LogP contribution in [0.5, 0.6) is 0 Å². The highest BCUT2D eigenvalue weighted by Gasteiger charge is 2.21. The molecule has 1 unspecified atom stereocenters. The van der Waals surface area contributed by atoms with Gasteiger partial charge in [-0.05, 0) is 43.9 Å². The molecule has 1 aromatic heterocycles. The van der Waals surface area contributed by atoms with E-state index < -0.39 is 0 Å². The number of nitrogens with one attached hydrogen (secondary N) is 1. The number of rotatable bonds is 3. The van der Waals surface area contributed by atoms with E-state index in [0.29, 0.717) is 28.8 Å². The number of hydrogen-bond donors (Lipinski definition) is 1. The van der Waals surface area contributed by atoms with E-state index >= 15 is 0 Å². The van der Waals surface area contributed by atoms with Gasteiger partial charge in [0.15, 0.2) is 0 Å². The van der Waals surface area contributed by atoms with Crippen molar-refractivity contribution in [2.45, 2.75) is 26.7 Å². The maximum atomic E-state index is 12.6. The van der Waals surface area contributed by atoms with Crippen molar-refractivity contribution in [1.29, 1.82) is 5.26 Å². The normalized spacial score (nSPS) is 17.0. The highest BCUT2D eigenvalue weighted by Crippen LogP contribution is 2.21. The zero-order valence-corrected chi connectivity index (χ0v) is 14.5. The minimum absolute atomic E-state index is 0.313. The highest BCUT2D eigenvalue weighted by atomic mass is 16.1. The van der Waals surface area contributed by atoms with Crippen molar-refractivity contribution in [2.75, 3.05) is 23.3 Å². The minimum atomic E-state index is -0.334. The quantitative estimate of drug-likeness (QED) is 0.932. The Labute approximate surface area is 147 Å². The first-order valence-corrected chi connectivity index (χ1v) is 8.48. The number of benzene rings is 1. The molecule has 1 aliphatic heterocycles. The van der Waals surface area contributed by atoms with Gasteiger partial charge in [0.2, 0.25) is 5.95 Å². The van der Waals surface area contributed by atoms with Gasteiger partial charge in [0.25, 0.3) is 5.91 Å².